The van der Waals surface area contributed by atoms with Crippen LogP contribution >= 0.6 is 0 Å². The van der Waals surface area contributed by atoms with Gasteiger partial charge in [0.05, 0.1) is 6.07 Å². The highest BCUT2D eigenvalue weighted by molar-refractivity contribution is 5.33. The first kappa shape index (κ1) is 13.1. The van der Waals surface area contributed by atoms with Gasteiger partial charge in [-0.2, -0.15) is 5.26 Å². The standard InChI is InChI=1S/C16H22N2/c1-13-9-14(2)11-15(10-13)16(12-17)18-7-5-3-4-6-8-18/h9-11,16H,3-8H2,1-2H3. The first-order valence-corrected chi connectivity index (χ1v) is 6.92. The lowest BCUT2D eigenvalue weighted by Gasteiger charge is -2.26. The molecule has 2 heteroatoms. The van der Waals surface area contributed by atoms with Gasteiger partial charge in [-0.3, -0.25) is 4.90 Å². The van der Waals surface area contributed by atoms with Gasteiger partial charge in [-0.1, -0.05) is 42.2 Å². The molecule has 1 fully saturated rings. The third-order valence-electron chi connectivity index (χ3n) is 3.69. The van der Waals surface area contributed by atoms with E-state index in [9.17, 15) is 5.26 Å². The minimum absolute atomic E-state index is 0.0679. The summed E-state index contributed by atoms with van der Waals surface area (Å²) < 4.78 is 0. The van der Waals surface area contributed by atoms with Crippen molar-refractivity contribution in [2.24, 2.45) is 0 Å². The molecule has 0 aliphatic carbocycles. The highest BCUT2D eigenvalue weighted by Crippen LogP contribution is 2.25. The van der Waals surface area contributed by atoms with E-state index in [4.69, 9.17) is 0 Å². The molecule has 1 aromatic carbocycles. The monoisotopic (exact) mass is 242 g/mol. The topological polar surface area (TPSA) is 27.0 Å². The minimum atomic E-state index is -0.0679. The largest absolute Gasteiger partial charge is 0.284 e. The van der Waals surface area contributed by atoms with Gasteiger partial charge in [0.15, 0.2) is 0 Å². The molecule has 96 valence electrons. The Morgan fingerprint density at radius 2 is 1.56 bits per heavy atom. The van der Waals surface area contributed by atoms with Crippen LogP contribution in [0.3, 0.4) is 0 Å². The molecule has 1 aliphatic heterocycles. The molecule has 1 atom stereocenters. The smallest absolute Gasteiger partial charge is 0.123 e. The Kier molecular flexibility index (Phi) is 4.38. The van der Waals surface area contributed by atoms with Gasteiger partial charge in [0.2, 0.25) is 0 Å². The molecule has 0 radical (unpaired) electrons. The van der Waals surface area contributed by atoms with Crippen LogP contribution in [0.2, 0.25) is 0 Å². The molecule has 1 heterocycles. The molecule has 0 spiro atoms. The second-order valence-electron chi connectivity index (χ2n) is 5.40. The van der Waals surface area contributed by atoms with E-state index in [0.29, 0.717) is 0 Å². The first-order chi connectivity index (χ1) is 8.70. The lowest BCUT2D eigenvalue weighted by molar-refractivity contribution is 0.245. The van der Waals surface area contributed by atoms with Crippen LogP contribution < -0.4 is 0 Å². The number of benzene rings is 1. The summed E-state index contributed by atoms with van der Waals surface area (Å²) in [5.74, 6) is 0. The summed E-state index contributed by atoms with van der Waals surface area (Å²) in [7, 11) is 0. The number of rotatable bonds is 2. The maximum absolute atomic E-state index is 9.51. The van der Waals surface area contributed by atoms with Gasteiger partial charge >= 0.3 is 0 Å². The van der Waals surface area contributed by atoms with Crippen molar-refractivity contribution in [2.75, 3.05) is 13.1 Å². The highest BCUT2D eigenvalue weighted by atomic mass is 15.1. The Morgan fingerprint density at radius 1 is 1.00 bits per heavy atom. The fourth-order valence-electron chi connectivity index (χ4n) is 2.89. The average molecular weight is 242 g/mol. The minimum Gasteiger partial charge on any atom is -0.284 e. The fraction of sp³-hybridized carbons (Fsp3) is 0.562. The normalized spacial score (nSPS) is 18.9. The molecule has 0 bridgehead atoms. The van der Waals surface area contributed by atoms with Crippen molar-refractivity contribution in [3.63, 3.8) is 0 Å². The molecule has 0 N–H and O–H groups in total. The van der Waals surface area contributed by atoms with Crippen molar-refractivity contribution in [1.82, 2.24) is 4.90 Å². The summed E-state index contributed by atoms with van der Waals surface area (Å²) in [4.78, 5) is 2.35. The third kappa shape index (κ3) is 3.11. The summed E-state index contributed by atoms with van der Waals surface area (Å²) in [5, 5.41) is 9.51. The van der Waals surface area contributed by atoms with Crippen molar-refractivity contribution >= 4 is 0 Å². The zero-order valence-corrected chi connectivity index (χ0v) is 11.4. The quantitative estimate of drug-likeness (QED) is 0.790. The van der Waals surface area contributed by atoms with Gasteiger partial charge in [0, 0.05) is 0 Å². The van der Waals surface area contributed by atoms with Crippen LogP contribution in [0, 0.1) is 25.2 Å². The predicted octanol–water partition coefficient (Wildman–Crippen LogP) is 3.74. The van der Waals surface area contributed by atoms with Crippen LogP contribution in [-0.4, -0.2) is 18.0 Å². The Bertz CT molecular complexity index is 417. The fourth-order valence-corrected chi connectivity index (χ4v) is 2.89. The first-order valence-electron chi connectivity index (χ1n) is 6.92. The molecule has 0 aromatic heterocycles. The van der Waals surface area contributed by atoms with Gasteiger partial charge in [-0.15, -0.1) is 0 Å². The van der Waals surface area contributed by atoms with Crippen molar-refractivity contribution in [1.29, 1.82) is 5.26 Å². The molecule has 1 unspecified atom stereocenters. The zero-order valence-electron chi connectivity index (χ0n) is 11.4. The molecule has 18 heavy (non-hydrogen) atoms. The van der Waals surface area contributed by atoms with E-state index in [1.54, 1.807) is 0 Å². The van der Waals surface area contributed by atoms with Crippen LogP contribution in [-0.2, 0) is 0 Å². The average Bonchev–Trinajstić information content (AvgIpc) is 2.58. The molecule has 1 saturated heterocycles. The molecule has 0 saturated carbocycles. The van der Waals surface area contributed by atoms with Crippen LogP contribution in [0.15, 0.2) is 18.2 Å². The summed E-state index contributed by atoms with van der Waals surface area (Å²) in [6.07, 6.45) is 5.06. The van der Waals surface area contributed by atoms with E-state index < -0.39 is 0 Å². The zero-order chi connectivity index (χ0) is 13.0. The summed E-state index contributed by atoms with van der Waals surface area (Å²) in [5.41, 5.74) is 3.66. The summed E-state index contributed by atoms with van der Waals surface area (Å²) >= 11 is 0. The van der Waals surface area contributed by atoms with Crippen LogP contribution in [0.5, 0.6) is 0 Å². The molecular weight excluding hydrogens is 220 g/mol. The maximum Gasteiger partial charge on any atom is 0.123 e. The molecule has 2 nitrogen and oxygen atoms in total. The van der Waals surface area contributed by atoms with E-state index in [1.807, 2.05) is 0 Å². The second-order valence-corrected chi connectivity index (χ2v) is 5.40. The lowest BCUT2D eigenvalue weighted by atomic mass is 10.0. The highest BCUT2D eigenvalue weighted by Gasteiger charge is 2.21. The van der Waals surface area contributed by atoms with Gasteiger partial charge in [0.1, 0.15) is 6.04 Å². The molecule has 1 aliphatic rings. The van der Waals surface area contributed by atoms with E-state index in [1.165, 1.54) is 36.8 Å². The van der Waals surface area contributed by atoms with Gasteiger partial charge < -0.3 is 0 Å². The maximum atomic E-state index is 9.51. The van der Waals surface area contributed by atoms with E-state index in [2.05, 4.69) is 43.0 Å². The Labute approximate surface area is 110 Å². The second kappa shape index (κ2) is 6.02. The van der Waals surface area contributed by atoms with E-state index in [-0.39, 0.29) is 6.04 Å². The van der Waals surface area contributed by atoms with Gasteiger partial charge in [-0.05, 0) is 45.3 Å². The third-order valence-corrected chi connectivity index (χ3v) is 3.69. The lowest BCUT2D eigenvalue weighted by Crippen LogP contribution is -2.29. The van der Waals surface area contributed by atoms with E-state index >= 15 is 0 Å². The summed E-state index contributed by atoms with van der Waals surface area (Å²) in [6.45, 7) is 6.33. The molecule has 0 amide bonds. The molecule has 2 rings (SSSR count). The van der Waals surface area contributed by atoms with Crippen LogP contribution in [0.1, 0.15) is 48.4 Å². The van der Waals surface area contributed by atoms with Gasteiger partial charge in [0.25, 0.3) is 0 Å². The predicted molar refractivity (Wildman–Crippen MR) is 74.3 cm³/mol. The summed E-state index contributed by atoms with van der Waals surface area (Å²) in [6, 6.07) is 8.91. The van der Waals surface area contributed by atoms with Crippen LogP contribution in [0.25, 0.3) is 0 Å². The number of nitrogens with zero attached hydrogens (tertiary/aromatic N) is 2. The molecular formula is C16H22N2. The number of nitriles is 1. The number of aryl methyl sites for hydroxylation is 2. The van der Waals surface area contributed by atoms with Crippen molar-refractivity contribution < 1.29 is 0 Å². The molecule has 1 aromatic rings. The van der Waals surface area contributed by atoms with Crippen molar-refractivity contribution in [3.05, 3.63) is 34.9 Å². The van der Waals surface area contributed by atoms with Crippen molar-refractivity contribution in [2.45, 2.75) is 45.6 Å². The van der Waals surface area contributed by atoms with Gasteiger partial charge in [-0.25, -0.2) is 0 Å². The van der Waals surface area contributed by atoms with E-state index in [0.717, 1.165) is 18.7 Å². The number of hydrogen-bond acceptors (Lipinski definition) is 2. The van der Waals surface area contributed by atoms with Crippen molar-refractivity contribution in [3.8, 4) is 6.07 Å². The Morgan fingerprint density at radius 3 is 2.06 bits per heavy atom. The van der Waals surface area contributed by atoms with Crippen LogP contribution in [0.4, 0.5) is 0 Å². The number of hydrogen-bond donors (Lipinski definition) is 0. The Balaban J connectivity index is 2.24. The number of likely N-dealkylation sites (tertiary alicyclic amines) is 1. The Hall–Kier alpha value is -1.33. The SMILES string of the molecule is Cc1cc(C)cc(C(C#N)N2CCCCCC2)c1.